The highest BCUT2D eigenvalue weighted by molar-refractivity contribution is 5.99. The summed E-state index contributed by atoms with van der Waals surface area (Å²) in [4.78, 5) is 25.4. The van der Waals surface area contributed by atoms with Gasteiger partial charge < -0.3 is 0 Å². The summed E-state index contributed by atoms with van der Waals surface area (Å²) in [5, 5.41) is 1.39. The minimum absolute atomic E-state index is 0.232. The minimum atomic E-state index is -0.551. The van der Waals surface area contributed by atoms with E-state index in [4.69, 9.17) is 0 Å². The molecular formula is C21H26N2O2. The van der Waals surface area contributed by atoms with Crippen molar-refractivity contribution in [3.8, 4) is 0 Å². The zero-order valence-electron chi connectivity index (χ0n) is 15.4. The van der Waals surface area contributed by atoms with Crippen LogP contribution in [-0.2, 0) is 6.42 Å². The Balaban J connectivity index is 2.19. The predicted octanol–water partition coefficient (Wildman–Crippen LogP) is 4.22. The molecule has 132 valence electrons. The van der Waals surface area contributed by atoms with Gasteiger partial charge in [0.25, 0.3) is 11.8 Å². The van der Waals surface area contributed by atoms with E-state index in [0.29, 0.717) is 11.1 Å². The van der Waals surface area contributed by atoms with Crippen LogP contribution in [0.25, 0.3) is 0 Å². The summed E-state index contributed by atoms with van der Waals surface area (Å²) in [5.41, 5.74) is 4.49. The first-order chi connectivity index (χ1) is 11.8. The summed E-state index contributed by atoms with van der Waals surface area (Å²) in [5.74, 6) is -0.522. The number of amides is 2. The zero-order valence-corrected chi connectivity index (χ0v) is 15.4. The summed E-state index contributed by atoms with van der Waals surface area (Å²) in [7, 11) is 0. The lowest BCUT2D eigenvalue weighted by molar-refractivity contribution is 0.0358. The van der Waals surface area contributed by atoms with Crippen LogP contribution >= 0.6 is 0 Å². The largest absolute Gasteiger partial charge is 0.272 e. The first kappa shape index (κ1) is 18.7. The molecule has 0 aromatic heterocycles. The van der Waals surface area contributed by atoms with Crippen molar-refractivity contribution in [2.24, 2.45) is 0 Å². The Kier molecular flexibility index (Phi) is 5.97. The maximum absolute atomic E-state index is 12.8. The Morgan fingerprint density at radius 3 is 2.04 bits per heavy atom. The van der Waals surface area contributed by atoms with Gasteiger partial charge in [-0.25, -0.2) is 5.01 Å². The second-order valence-electron chi connectivity index (χ2n) is 7.07. The number of hydrogen-bond donors (Lipinski definition) is 1. The molecule has 0 saturated carbocycles. The SMILES string of the molecule is CCCc1ccc(C(=O)NN(C(=O)c2ccccc2)C(C)(C)C)cc1. The van der Waals surface area contributed by atoms with Crippen LogP contribution < -0.4 is 5.43 Å². The average Bonchev–Trinajstić information content (AvgIpc) is 2.59. The number of nitrogens with one attached hydrogen (secondary N) is 1. The van der Waals surface area contributed by atoms with E-state index in [1.54, 1.807) is 24.3 Å². The van der Waals surface area contributed by atoms with Crippen LogP contribution in [0.15, 0.2) is 54.6 Å². The fourth-order valence-corrected chi connectivity index (χ4v) is 2.51. The maximum atomic E-state index is 12.8. The number of benzene rings is 2. The molecule has 0 radical (unpaired) electrons. The normalized spacial score (nSPS) is 11.0. The molecule has 2 aromatic rings. The lowest BCUT2D eigenvalue weighted by atomic mass is 10.1. The number of rotatable bonds is 4. The summed E-state index contributed by atoms with van der Waals surface area (Å²) < 4.78 is 0. The lowest BCUT2D eigenvalue weighted by Crippen LogP contribution is -2.55. The molecule has 4 heteroatoms. The second-order valence-corrected chi connectivity index (χ2v) is 7.07. The van der Waals surface area contributed by atoms with Gasteiger partial charge in [-0.15, -0.1) is 0 Å². The first-order valence-corrected chi connectivity index (χ1v) is 8.62. The van der Waals surface area contributed by atoms with Gasteiger partial charge in [0.2, 0.25) is 0 Å². The van der Waals surface area contributed by atoms with Crippen LogP contribution in [0.1, 0.15) is 60.4 Å². The van der Waals surface area contributed by atoms with Gasteiger partial charge in [0.1, 0.15) is 0 Å². The molecule has 1 N–H and O–H groups in total. The third-order valence-electron chi connectivity index (χ3n) is 3.86. The van der Waals surface area contributed by atoms with Crippen LogP contribution in [0.4, 0.5) is 0 Å². The van der Waals surface area contributed by atoms with Crippen molar-refractivity contribution in [3.05, 3.63) is 71.3 Å². The lowest BCUT2D eigenvalue weighted by Gasteiger charge is -2.35. The number of carbonyl (C=O) groups excluding carboxylic acids is 2. The predicted molar refractivity (Wildman–Crippen MR) is 100 cm³/mol. The Morgan fingerprint density at radius 2 is 1.52 bits per heavy atom. The van der Waals surface area contributed by atoms with E-state index in [9.17, 15) is 9.59 Å². The van der Waals surface area contributed by atoms with Crippen molar-refractivity contribution in [1.82, 2.24) is 10.4 Å². The highest BCUT2D eigenvalue weighted by Gasteiger charge is 2.29. The molecule has 0 fully saturated rings. The summed E-state index contributed by atoms with van der Waals surface area (Å²) in [6, 6.07) is 16.5. The molecule has 4 nitrogen and oxygen atoms in total. The fourth-order valence-electron chi connectivity index (χ4n) is 2.51. The Bertz CT molecular complexity index is 716. The summed E-state index contributed by atoms with van der Waals surface area (Å²) in [6.45, 7) is 7.78. The Labute approximate surface area is 149 Å². The molecule has 0 unspecified atom stereocenters. The van der Waals surface area contributed by atoms with Gasteiger partial charge in [-0.3, -0.25) is 15.0 Å². The molecule has 0 atom stereocenters. The van der Waals surface area contributed by atoms with Crippen molar-refractivity contribution in [3.63, 3.8) is 0 Å². The molecule has 0 saturated heterocycles. The summed E-state index contributed by atoms with van der Waals surface area (Å²) >= 11 is 0. The number of nitrogens with zero attached hydrogens (tertiary/aromatic N) is 1. The smallest absolute Gasteiger partial charge is 0.267 e. The number of hydrogen-bond acceptors (Lipinski definition) is 2. The molecule has 25 heavy (non-hydrogen) atoms. The van der Waals surface area contributed by atoms with E-state index >= 15 is 0 Å². The number of aryl methyl sites for hydroxylation is 1. The van der Waals surface area contributed by atoms with Crippen molar-refractivity contribution < 1.29 is 9.59 Å². The zero-order chi connectivity index (χ0) is 18.4. The highest BCUT2D eigenvalue weighted by atomic mass is 16.2. The number of hydrazine groups is 1. The molecule has 0 aliphatic heterocycles. The molecule has 0 aliphatic rings. The van der Waals surface area contributed by atoms with E-state index in [-0.39, 0.29) is 11.8 Å². The molecule has 2 aromatic carbocycles. The maximum Gasteiger partial charge on any atom is 0.272 e. The first-order valence-electron chi connectivity index (χ1n) is 8.62. The van der Waals surface area contributed by atoms with E-state index in [1.165, 1.54) is 10.6 Å². The molecule has 0 heterocycles. The molecule has 0 bridgehead atoms. The van der Waals surface area contributed by atoms with Gasteiger partial charge in [0, 0.05) is 11.1 Å². The standard InChI is InChI=1S/C21H26N2O2/c1-5-9-16-12-14-17(15-13-16)19(24)22-23(21(2,3)4)20(25)18-10-7-6-8-11-18/h6-8,10-15H,5,9H2,1-4H3,(H,22,24). The average molecular weight is 338 g/mol. The highest BCUT2D eigenvalue weighted by Crippen LogP contribution is 2.16. The summed E-state index contributed by atoms with van der Waals surface area (Å²) in [6.07, 6.45) is 2.05. The van der Waals surface area contributed by atoms with Gasteiger partial charge in [-0.2, -0.15) is 0 Å². The van der Waals surface area contributed by atoms with Crippen molar-refractivity contribution in [2.75, 3.05) is 0 Å². The molecule has 2 amide bonds. The van der Waals surface area contributed by atoms with Crippen molar-refractivity contribution in [1.29, 1.82) is 0 Å². The van der Waals surface area contributed by atoms with E-state index < -0.39 is 5.54 Å². The Hall–Kier alpha value is -2.62. The minimum Gasteiger partial charge on any atom is -0.267 e. The van der Waals surface area contributed by atoms with E-state index in [0.717, 1.165) is 12.8 Å². The Morgan fingerprint density at radius 1 is 0.920 bits per heavy atom. The molecule has 2 rings (SSSR count). The second kappa shape index (κ2) is 7.97. The number of carbonyl (C=O) groups is 2. The van der Waals surface area contributed by atoms with Crippen LogP contribution in [0.3, 0.4) is 0 Å². The van der Waals surface area contributed by atoms with E-state index in [2.05, 4.69) is 12.3 Å². The van der Waals surface area contributed by atoms with Gasteiger partial charge in [0.05, 0.1) is 5.54 Å². The third kappa shape index (κ3) is 4.92. The van der Waals surface area contributed by atoms with Crippen LogP contribution in [0.5, 0.6) is 0 Å². The fraction of sp³-hybridized carbons (Fsp3) is 0.333. The van der Waals surface area contributed by atoms with Crippen molar-refractivity contribution in [2.45, 2.75) is 46.1 Å². The van der Waals surface area contributed by atoms with E-state index in [1.807, 2.05) is 51.1 Å². The molecular weight excluding hydrogens is 312 g/mol. The van der Waals surface area contributed by atoms with Crippen LogP contribution in [0.2, 0.25) is 0 Å². The topological polar surface area (TPSA) is 49.4 Å². The van der Waals surface area contributed by atoms with Gasteiger partial charge in [0.15, 0.2) is 0 Å². The monoisotopic (exact) mass is 338 g/mol. The van der Waals surface area contributed by atoms with Gasteiger partial charge in [-0.1, -0.05) is 43.7 Å². The van der Waals surface area contributed by atoms with Crippen LogP contribution in [-0.4, -0.2) is 22.4 Å². The van der Waals surface area contributed by atoms with Gasteiger partial charge >= 0.3 is 0 Å². The molecule has 0 spiro atoms. The third-order valence-corrected chi connectivity index (χ3v) is 3.86. The van der Waals surface area contributed by atoms with Gasteiger partial charge in [-0.05, 0) is 57.0 Å². The molecule has 0 aliphatic carbocycles. The van der Waals surface area contributed by atoms with Crippen molar-refractivity contribution >= 4 is 11.8 Å². The quantitative estimate of drug-likeness (QED) is 0.848. The van der Waals surface area contributed by atoms with Crippen LogP contribution in [0, 0.1) is 0 Å².